The molecule has 0 radical (unpaired) electrons. The Morgan fingerprint density at radius 2 is 1.03 bits per heavy atom. The third-order valence-electron chi connectivity index (χ3n) is 4.37. The van der Waals surface area contributed by atoms with Crippen LogP contribution in [0.4, 0.5) is 5.69 Å². The molecule has 0 aromatic heterocycles. The van der Waals surface area contributed by atoms with Crippen LogP contribution in [0.25, 0.3) is 0 Å². The van der Waals surface area contributed by atoms with E-state index < -0.39 is 0 Å². The van der Waals surface area contributed by atoms with E-state index in [0.29, 0.717) is 5.69 Å². The normalized spacial score (nSPS) is 10.4. The molecule has 0 aliphatic heterocycles. The van der Waals surface area contributed by atoms with E-state index in [-0.39, 0.29) is 78.1 Å². The minimum atomic E-state index is -0.322. The predicted octanol–water partition coefficient (Wildman–Crippen LogP) is 4.48. The van der Waals surface area contributed by atoms with Crippen molar-refractivity contribution in [1.82, 2.24) is 0 Å². The Hall–Kier alpha value is -2.90. The first-order valence-corrected chi connectivity index (χ1v) is 11.3. The number of hydrogen-bond acceptors (Lipinski definition) is 7. The number of anilines is 1. The molecule has 1 rings (SSSR count). The first-order chi connectivity index (χ1) is 15.4. The Bertz CT molecular complexity index is 768. The summed E-state index contributed by atoms with van der Waals surface area (Å²) in [6.07, 6.45) is 0. The van der Waals surface area contributed by atoms with Crippen LogP contribution in [0.15, 0.2) is 12.1 Å². The van der Waals surface area contributed by atoms with Crippen LogP contribution in [-0.4, -0.2) is 43.1 Å². The van der Waals surface area contributed by atoms with Gasteiger partial charge in [-0.1, -0.05) is 55.4 Å². The van der Waals surface area contributed by atoms with E-state index in [1.54, 1.807) is 41.5 Å². The summed E-state index contributed by atoms with van der Waals surface area (Å²) in [5.41, 5.74) is 0.342. The Labute approximate surface area is 197 Å². The lowest BCUT2D eigenvalue weighted by Crippen LogP contribution is -2.21. The van der Waals surface area contributed by atoms with Gasteiger partial charge in [0.2, 0.25) is 11.7 Å². The molecule has 1 aromatic carbocycles. The van der Waals surface area contributed by atoms with Crippen molar-refractivity contribution in [3.05, 3.63) is 12.1 Å². The molecule has 1 aromatic rings. The van der Waals surface area contributed by atoms with Gasteiger partial charge in [-0.2, -0.15) is 0 Å². The zero-order valence-electron chi connectivity index (χ0n) is 21.4. The van der Waals surface area contributed by atoms with Gasteiger partial charge in [0.15, 0.2) is 28.8 Å². The van der Waals surface area contributed by atoms with Gasteiger partial charge in [-0.05, 0) is 0 Å². The molecule has 0 unspecified atom stereocenters. The number of hydrogen-bond donors (Lipinski definition) is 1. The highest BCUT2D eigenvalue weighted by Crippen LogP contribution is 2.41. The number of amides is 1. The van der Waals surface area contributed by atoms with Crippen molar-refractivity contribution in [2.24, 2.45) is 17.8 Å². The van der Waals surface area contributed by atoms with E-state index in [1.807, 2.05) is 13.8 Å². The van der Waals surface area contributed by atoms with E-state index >= 15 is 0 Å². The number of nitrogens with one attached hydrogen (secondary N) is 1. The first kappa shape index (κ1) is 30.1. The number of benzene rings is 1. The van der Waals surface area contributed by atoms with Gasteiger partial charge in [0.1, 0.15) is 19.8 Å². The lowest BCUT2D eigenvalue weighted by atomic mass is 10.1. The molecule has 1 amide bonds. The van der Waals surface area contributed by atoms with E-state index in [4.69, 9.17) is 14.2 Å². The third kappa shape index (κ3) is 11.0. The molecule has 0 fully saturated rings. The molecule has 0 aliphatic carbocycles. The predicted molar refractivity (Wildman–Crippen MR) is 128 cm³/mol. The topological polar surface area (TPSA) is 108 Å². The zero-order chi connectivity index (χ0) is 25.7. The van der Waals surface area contributed by atoms with Crippen LogP contribution in [0.3, 0.4) is 0 Å². The van der Waals surface area contributed by atoms with E-state index in [0.717, 1.165) is 0 Å². The summed E-state index contributed by atoms with van der Waals surface area (Å²) >= 11 is 0. The second-order valence-electron chi connectivity index (χ2n) is 8.21. The third-order valence-corrected chi connectivity index (χ3v) is 4.37. The molecular weight excluding hydrogens is 426 g/mol. The molecule has 8 heteroatoms. The quantitative estimate of drug-likeness (QED) is 0.457. The molecule has 0 saturated carbocycles. The standard InChI is InChI=1S/C23H33NO7.C2H6/c1-13(2)18(26)10-29-21-8-17(24-16(7)25)9-22(30-11-19(27)14(3)4)23(21)31-12-20(28)15(5)6;1-2/h8-9,13-15H,10-12H2,1-7H3,(H,24,25);1-2H3. The van der Waals surface area contributed by atoms with Crippen molar-refractivity contribution >= 4 is 28.9 Å². The summed E-state index contributed by atoms with van der Waals surface area (Å²) < 4.78 is 17.0. The lowest BCUT2D eigenvalue weighted by molar-refractivity contribution is -0.125. The van der Waals surface area contributed by atoms with Gasteiger partial charge in [0.25, 0.3) is 0 Å². The Kier molecular flexibility index (Phi) is 13.7. The Balaban J connectivity index is 0.00000497. The van der Waals surface area contributed by atoms with Gasteiger partial charge in [0.05, 0.1) is 0 Å². The summed E-state index contributed by atoms with van der Waals surface area (Å²) in [4.78, 5) is 47.7. The van der Waals surface area contributed by atoms with Crippen LogP contribution in [0, 0.1) is 17.8 Å². The number of carbonyl (C=O) groups excluding carboxylic acids is 4. The summed E-state index contributed by atoms with van der Waals surface area (Å²) in [6, 6.07) is 2.97. The fourth-order valence-corrected chi connectivity index (χ4v) is 2.15. The molecule has 186 valence electrons. The van der Waals surface area contributed by atoms with Gasteiger partial charge in [-0.25, -0.2) is 0 Å². The second-order valence-corrected chi connectivity index (χ2v) is 8.21. The van der Waals surface area contributed by atoms with Gasteiger partial charge in [-0.15, -0.1) is 0 Å². The molecule has 0 aliphatic rings. The minimum Gasteiger partial charge on any atom is -0.482 e. The molecule has 0 saturated heterocycles. The highest BCUT2D eigenvalue weighted by molar-refractivity contribution is 5.90. The van der Waals surface area contributed by atoms with Gasteiger partial charge in [-0.3, -0.25) is 19.2 Å². The van der Waals surface area contributed by atoms with Gasteiger partial charge < -0.3 is 19.5 Å². The van der Waals surface area contributed by atoms with E-state index in [9.17, 15) is 19.2 Å². The maximum atomic E-state index is 12.1. The zero-order valence-corrected chi connectivity index (χ0v) is 21.4. The van der Waals surface area contributed by atoms with Crippen molar-refractivity contribution in [3.8, 4) is 17.2 Å². The van der Waals surface area contributed by atoms with Crippen molar-refractivity contribution in [1.29, 1.82) is 0 Å². The maximum Gasteiger partial charge on any atom is 0.221 e. The molecule has 0 spiro atoms. The van der Waals surface area contributed by atoms with E-state index in [2.05, 4.69) is 5.32 Å². The van der Waals surface area contributed by atoms with Crippen LogP contribution in [0.2, 0.25) is 0 Å². The monoisotopic (exact) mass is 465 g/mol. The fraction of sp³-hybridized carbons (Fsp3) is 0.600. The number of ether oxygens (including phenoxy) is 3. The molecule has 8 nitrogen and oxygen atoms in total. The number of rotatable bonds is 13. The van der Waals surface area contributed by atoms with Crippen molar-refractivity contribution in [2.45, 2.75) is 62.3 Å². The van der Waals surface area contributed by atoms with E-state index in [1.165, 1.54) is 19.1 Å². The lowest BCUT2D eigenvalue weighted by Gasteiger charge is -2.19. The molecule has 1 N–H and O–H groups in total. The Morgan fingerprint density at radius 3 is 1.33 bits per heavy atom. The average Bonchev–Trinajstić information content (AvgIpc) is 2.75. The average molecular weight is 466 g/mol. The summed E-state index contributed by atoms with van der Waals surface area (Å²) in [6.45, 7) is 15.2. The summed E-state index contributed by atoms with van der Waals surface area (Å²) in [7, 11) is 0. The largest absolute Gasteiger partial charge is 0.482 e. The van der Waals surface area contributed by atoms with Crippen molar-refractivity contribution in [2.75, 3.05) is 25.1 Å². The summed E-state index contributed by atoms with van der Waals surface area (Å²) in [5, 5.41) is 2.63. The van der Waals surface area contributed by atoms with Crippen LogP contribution in [0.1, 0.15) is 62.3 Å². The van der Waals surface area contributed by atoms with Gasteiger partial charge in [0, 0.05) is 42.5 Å². The van der Waals surface area contributed by atoms with Crippen LogP contribution < -0.4 is 19.5 Å². The summed E-state index contributed by atoms with van der Waals surface area (Å²) in [5.74, 6) is -1.08. The first-order valence-electron chi connectivity index (χ1n) is 11.3. The minimum absolute atomic E-state index is 0.0937. The molecule has 0 bridgehead atoms. The number of ketones is 3. The Morgan fingerprint density at radius 1 is 0.697 bits per heavy atom. The SMILES string of the molecule is CC.CC(=O)Nc1cc(OCC(=O)C(C)C)c(OCC(=O)C(C)C)c(OCC(=O)C(C)C)c1. The van der Waals surface area contributed by atoms with Crippen LogP contribution >= 0.6 is 0 Å². The molecule has 33 heavy (non-hydrogen) atoms. The van der Waals surface area contributed by atoms with Crippen molar-refractivity contribution in [3.63, 3.8) is 0 Å². The fourth-order valence-electron chi connectivity index (χ4n) is 2.15. The molecule has 0 heterocycles. The van der Waals surface area contributed by atoms with Crippen molar-refractivity contribution < 1.29 is 33.4 Å². The van der Waals surface area contributed by atoms with Crippen LogP contribution in [-0.2, 0) is 19.2 Å². The maximum absolute atomic E-state index is 12.1. The molecule has 0 atom stereocenters. The highest BCUT2D eigenvalue weighted by atomic mass is 16.5. The smallest absolute Gasteiger partial charge is 0.221 e. The number of Topliss-reactive ketones (excluding diaryl/α,β-unsaturated/α-hetero) is 3. The second kappa shape index (κ2) is 15.0. The van der Waals surface area contributed by atoms with Crippen LogP contribution in [0.5, 0.6) is 17.2 Å². The van der Waals surface area contributed by atoms with Gasteiger partial charge >= 0.3 is 0 Å². The number of carbonyl (C=O) groups is 4. The highest BCUT2D eigenvalue weighted by Gasteiger charge is 2.21. The molecular formula is C25H39NO7.